The van der Waals surface area contributed by atoms with E-state index in [0.29, 0.717) is 36.8 Å². The van der Waals surface area contributed by atoms with E-state index in [4.69, 9.17) is 9.47 Å². The molecule has 39 heavy (non-hydrogen) atoms. The van der Waals surface area contributed by atoms with Gasteiger partial charge in [0.25, 0.3) is 11.1 Å². The maximum absolute atomic E-state index is 13.0. The number of nitrogens with one attached hydrogen (secondary N) is 1. The predicted octanol–water partition coefficient (Wildman–Crippen LogP) is 4.92. The molecule has 2 aliphatic heterocycles. The zero-order valence-corrected chi connectivity index (χ0v) is 21.8. The number of halogens is 1. The first kappa shape index (κ1) is 26.5. The molecule has 0 radical (unpaired) electrons. The number of hydrogen-bond acceptors (Lipinski definition) is 7. The number of carbonyl (C=O) groups is 3. The Kier molecular flexibility index (Phi) is 8.24. The molecule has 5 rings (SSSR count). The van der Waals surface area contributed by atoms with Crippen LogP contribution in [0.4, 0.5) is 20.6 Å². The van der Waals surface area contributed by atoms with E-state index in [1.807, 2.05) is 12.1 Å². The number of hydrogen-bond donors (Lipinski definition) is 1. The van der Waals surface area contributed by atoms with Crippen molar-refractivity contribution < 1.29 is 28.2 Å². The first-order chi connectivity index (χ1) is 18.9. The smallest absolute Gasteiger partial charge is 0.294 e. The molecule has 0 bridgehead atoms. The van der Waals surface area contributed by atoms with Crippen molar-refractivity contribution in [2.75, 3.05) is 43.1 Å². The first-order valence-electron chi connectivity index (χ1n) is 12.4. The summed E-state index contributed by atoms with van der Waals surface area (Å²) in [5.74, 6) is -0.665. The molecule has 2 heterocycles. The van der Waals surface area contributed by atoms with Crippen molar-refractivity contribution in [2.45, 2.75) is 6.61 Å². The number of thioether (sulfide) groups is 1. The third-order valence-corrected chi connectivity index (χ3v) is 7.11. The van der Waals surface area contributed by atoms with Gasteiger partial charge in [0.05, 0.1) is 18.1 Å². The van der Waals surface area contributed by atoms with Crippen molar-refractivity contribution in [3.63, 3.8) is 0 Å². The normalized spacial score (nSPS) is 16.6. The molecule has 0 atom stereocenters. The summed E-state index contributed by atoms with van der Waals surface area (Å²) in [6, 6.07) is 20.5. The molecule has 3 amide bonds. The van der Waals surface area contributed by atoms with Crippen molar-refractivity contribution in [3.05, 3.63) is 94.6 Å². The summed E-state index contributed by atoms with van der Waals surface area (Å²) in [6.45, 7) is 2.91. The topological polar surface area (TPSA) is 88.2 Å². The van der Waals surface area contributed by atoms with Crippen LogP contribution in [0, 0.1) is 5.82 Å². The third kappa shape index (κ3) is 6.84. The fraction of sp³-hybridized carbons (Fsp3) is 0.207. The van der Waals surface area contributed by atoms with E-state index in [1.54, 1.807) is 54.6 Å². The van der Waals surface area contributed by atoms with E-state index in [1.165, 1.54) is 12.1 Å². The molecule has 0 spiro atoms. The molecule has 2 fully saturated rings. The number of imide groups is 1. The van der Waals surface area contributed by atoms with Crippen molar-refractivity contribution in [1.29, 1.82) is 0 Å². The fourth-order valence-electron chi connectivity index (χ4n) is 4.12. The quantitative estimate of drug-likeness (QED) is 0.401. The molecule has 0 aromatic heterocycles. The van der Waals surface area contributed by atoms with E-state index < -0.39 is 17.1 Å². The Morgan fingerprint density at radius 3 is 2.36 bits per heavy atom. The maximum atomic E-state index is 13.0. The molecule has 0 saturated carbocycles. The summed E-state index contributed by atoms with van der Waals surface area (Å²) in [6.07, 6.45) is 1.61. The van der Waals surface area contributed by atoms with Gasteiger partial charge in [-0.15, -0.1) is 0 Å². The molecule has 2 saturated heterocycles. The SMILES string of the molecule is O=C(CN1C(=O)S/C(=C\c2ccc(OCc3ccc(F)cc3)cc2)C1=O)Nc1ccc(N2CCOCC2)cc1. The molecule has 8 nitrogen and oxygen atoms in total. The average Bonchev–Trinajstić information content (AvgIpc) is 3.21. The first-order valence-corrected chi connectivity index (χ1v) is 13.2. The second-order valence-corrected chi connectivity index (χ2v) is 9.94. The van der Waals surface area contributed by atoms with Gasteiger partial charge in [0, 0.05) is 24.5 Å². The molecule has 2 aliphatic rings. The number of morpholine rings is 1. The summed E-state index contributed by atoms with van der Waals surface area (Å²) in [5.41, 5.74) is 3.17. The largest absolute Gasteiger partial charge is 0.489 e. The van der Waals surface area contributed by atoms with Gasteiger partial charge in [-0.3, -0.25) is 19.3 Å². The van der Waals surface area contributed by atoms with Crippen molar-refractivity contribution in [3.8, 4) is 5.75 Å². The fourth-order valence-corrected chi connectivity index (χ4v) is 4.95. The molecule has 3 aromatic rings. The minimum absolute atomic E-state index is 0.239. The number of ether oxygens (including phenoxy) is 2. The molecule has 0 aliphatic carbocycles. The molecular formula is C29H26FN3O5S. The minimum Gasteiger partial charge on any atom is -0.489 e. The van der Waals surface area contributed by atoms with Crippen molar-refractivity contribution in [2.24, 2.45) is 0 Å². The third-order valence-electron chi connectivity index (χ3n) is 6.20. The van der Waals surface area contributed by atoms with E-state index in [2.05, 4.69) is 10.2 Å². The van der Waals surface area contributed by atoms with Gasteiger partial charge in [0.1, 0.15) is 24.7 Å². The highest BCUT2D eigenvalue weighted by molar-refractivity contribution is 8.18. The van der Waals surface area contributed by atoms with Gasteiger partial charge in [-0.25, -0.2) is 4.39 Å². The van der Waals surface area contributed by atoms with Crippen LogP contribution in [0.5, 0.6) is 5.75 Å². The lowest BCUT2D eigenvalue weighted by molar-refractivity contribution is -0.127. The van der Waals surface area contributed by atoms with Gasteiger partial charge >= 0.3 is 0 Å². The van der Waals surface area contributed by atoms with Crippen LogP contribution < -0.4 is 15.0 Å². The van der Waals surface area contributed by atoms with Gasteiger partial charge in [-0.05, 0) is 77.5 Å². The van der Waals surface area contributed by atoms with E-state index in [-0.39, 0.29) is 17.3 Å². The predicted molar refractivity (Wildman–Crippen MR) is 148 cm³/mol. The lowest BCUT2D eigenvalue weighted by Gasteiger charge is -2.28. The lowest BCUT2D eigenvalue weighted by atomic mass is 10.2. The molecule has 200 valence electrons. The number of rotatable bonds is 8. The van der Waals surface area contributed by atoms with E-state index >= 15 is 0 Å². The van der Waals surface area contributed by atoms with Crippen LogP contribution in [0.15, 0.2) is 77.7 Å². The lowest BCUT2D eigenvalue weighted by Crippen LogP contribution is -2.36. The Labute approximate surface area is 229 Å². The van der Waals surface area contributed by atoms with E-state index in [9.17, 15) is 18.8 Å². The van der Waals surface area contributed by atoms with Crippen molar-refractivity contribution >= 4 is 46.3 Å². The Morgan fingerprint density at radius 2 is 1.67 bits per heavy atom. The molecule has 0 unspecified atom stereocenters. The van der Waals surface area contributed by atoms with Crippen LogP contribution in [-0.4, -0.2) is 54.8 Å². The molecule has 3 aromatic carbocycles. The Morgan fingerprint density at radius 1 is 0.974 bits per heavy atom. The second-order valence-electron chi connectivity index (χ2n) is 8.95. The van der Waals surface area contributed by atoms with E-state index in [0.717, 1.165) is 41.0 Å². The maximum Gasteiger partial charge on any atom is 0.294 e. The zero-order chi connectivity index (χ0) is 27.2. The minimum atomic E-state index is -0.514. The number of nitrogens with zero attached hydrogens (tertiary/aromatic N) is 2. The number of amides is 3. The van der Waals surface area contributed by atoms with Gasteiger partial charge in [-0.2, -0.15) is 0 Å². The van der Waals surface area contributed by atoms with Crippen molar-refractivity contribution in [1.82, 2.24) is 4.90 Å². The highest BCUT2D eigenvalue weighted by atomic mass is 32.2. The summed E-state index contributed by atoms with van der Waals surface area (Å²) in [5, 5.41) is 2.25. The van der Waals surface area contributed by atoms with Crippen LogP contribution in [0.25, 0.3) is 6.08 Å². The molecular weight excluding hydrogens is 521 g/mol. The Hall–Kier alpha value is -4.15. The van der Waals surface area contributed by atoms with Crippen LogP contribution in [0.2, 0.25) is 0 Å². The van der Waals surface area contributed by atoms with Gasteiger partial charge < -0.3 is 19.7 Å². The standard InChI is InChI=1S/C29H26FN3O5S/c30-22-5-1-21(2-6-22)19-38-25-11-3-20(4-12-25)17-26-28(35)33(29(36)39-26)18-27(34)31-23-7-9-24(10-8-23)32-13-15-37-16-14-32/h1-12,17H,13-16,18-19H2,(H,31,34)/b26-17-. The van der Waals surface area contributed by atoms with Gasteiger partial charge in [0.2, 0.25) is 5.91 Å². The molecule has 1 N–H and O–H groups in total. The highest BCUT2D eigenvalue weighted by Crippen LogP contribution is 2.32. The average molecular weight is 548 g/mol. The summed E-state index contributed by atoms with van der Waals surface area (Å²) in [7, 11) is 0. The highest BCUT2D eigenvalue weighted by Gasteiger charge is 2.36. The summed E-state index contributed by atoms with van der Waals surface area (Å²) >= 11 is 0.796. The number of anilines is 2. The van der Waals surface area contributed by atoms with Crippen LogP contribution in [0.1, 0.15) is 11.1 Å². The Bertz CT molecular complexity index is 1370. The number of carbonyl (C=O) groups excluding carboxylic acids is 3. The molecule has 10 heteroatoms. The zero-order valence-electron chi connectivity index (χ0n) is 21.0. The second kappa shape index (κ2) is 12.1. The van der Waals surface area contributed by atoms with Gasteiger partial charge in [-0.1, -0.05) is 24.3 Å². The van der Waals surface area contributed by atoms with Crippen LogP contribution >= 0.6 is 11.8 Å². The summed E-state index contributed by atoms with van der Waals surface area (Å²) in [4.78, 5) is 41.3. The summed E-state index contributed by atoms with van der Waals surface area (Å²) < 4.78 is 24.1. The number of benzene rings is 3. The Balaban J connectivity index is 1.14. The van der Waals surface area contributed by atoms with Gasteiger partial charge in [0.15, 0.2) is 0 Å². The van der Waals surface area contributed by atoms with Crippen LogP contribution in [-0.2, 0) is 20.9 Å². The monoisotopic (exact) mass is 547 g/mol. The van der Waals surface area contributed by atoms with Crippen LogP contribution in [0.3, 0.4) is 0 Å².